The van der Waals surface area contributed by atoms with E-state index in [0.29, 0.717) is 12.5 Å². The minimum Gasteiger partial charge on any atom is -0.340 e. The highest BCUT2D eigenvalue weighted by Crippen LogP contribution is 2.25. The minimum atomic E-state index is 0.159. The topological polar surface area (TPSA) is 63.9 Å². The summed E-state index contributed by atoms with van der Waals surface area (Å²) >= 11 is 0. The van der Waals surface area contributed by atoms with Gasteiger partial charge >= 0.3 is 0 Å². The highest BCUT2D eigenvalue weighted by atomic mass is 16.2. The third kappa shape index (κ3) is 3.16. The summed E-state index contributed by atoms with van der Waals surface area (Å²) < 4.78 is 1.94. The number of nitrogens with zero attached hydrogens (tertiary/aromatic N) is 5. The van der Waals surface area contributed by atoms with Gasteiger partial charge < -0.3 is 9.47 Å². The number of amides is 1. The van der Waals surface area contributed by atoms with Crippen molar-refractivity contribution in [2.24, 2.45) is 0 Å². The Labute approximate surface area is 130 Å². The predicted molar refractivity (Wildman–Crippen MR) is 82.2 cm³/mol. The molecule has 0 aromatic carbocycles. The summed E-state index contributed by atoms with van der Waals surface area (Å²) in [7, 11) is 0. The van der Waals surface area contributed by atoms with Crippen molar-refractivity contribution >= 4 is 5.91 Å². The zero-order chi connectivity index (χ0) is 15.4. The number of imidazole rings is 1. The molecule has 1 fully saturated rings. The second-order valence-corrected chi connectivity index (χ2v) is 5.64. The Morgan fingerprint density at radius 1 is 1.36 bits per heavy atom. The Morgan fingerprint density at radius 3 is 3.05 bits per heavy atom. The number of likely N-dealkylation sites (tertiary alicyclic amines) is 1. The van der Waals surface area contributed by atoms with Gasteiger partial charge in [0.1, 0.15) is 18.7 Å². The highest BCUT2D eigenvalue weighted by molar-refractivity contribution is 5.76. The van der Waals surface area contributed by atoms with Crippen LogP contribution in [0.3, 0.4) is 0 Å². The van der Waals surface area contributed by atoms with Gasteiger partial charge in [0.2, 0.25) is 5.91 Å². The summed E-state index contributed by atoms with van der Waals surface area (Å²) in [4.78, 5) is 27.1. The van der Waals surface area contributed by atoms with E-state index in [-0.39, 0.29) is 5.91 Å². The van der Waals surface area contributed by atoms with Gasteiger partial charge in [-0.3, -0.25) is 4.79 Å². The molecule has 6 heteroatoms. The molecule has 6 nitrogen and oxygen atoms in total. The van der Waals surface area contributed by atoms with Crippen molar-refractivity contribution in [3.05, 3.63) is 42.5 Å². The molecule has 1 saturated heterocycles. The summed E-state index contributed by atoms with van der Waals surface area (Å²) in [6.45, 7) is 4.00. The Bertz CT molecular complexity index is 624. The predicted octanol–water partition coefficient (Wildman–Crippen LogP) is 1.64. The van der Waals surface area contributed by atoms with Gasteiger partial charge in [-0.25, -0.2) is 15.0 Å². The lowest BCUT2D eigenvalue weighted by atomic mass is 9.94. The van der Waals surface area contributed by atoms with E-state index in [1.807, 2.05) is 21.7 Å². The molecule has 3 rings (SSSR count). The smallest absolute Gasteiger partial charge is 0.242 e. The largest absolute Gasteiger partial charge is 0.340 e. The van der Waals surface area contributed by atoms with Gasteiger partial charge in [-0.05, 0) is 18.9 Å². The minimum absolute atomic E-state index is 0.159. The summed E-state index contributed by atoms with van der Waals surface area (Å²) in [5.74, 6) is 1.43. The fourth-order valence-electron chi connectivity index (χ4n) is 3.03. The summed E-state index contributed by atoms with van der Waals surface area (Å²) in [6.07, 6.45) is 9.91. The molecule has 1 atom stereocenters. The fourth-order valence-corrected chi connectivity index (χ4v) is 3.03. The molecule has 2 aromatic rings. The summed E-state index contributed by atoms with van der Waals surface area (Å²) in [5, 5.41) is 0. The molecule has 0 saturated carbocycles. The van der Waals surface area contributed by atoms with Gasteiger partial charge in [-0.1, -0.05) is 6.92 Å². The summed E-state index contributed by atoms with van der Waals surface area (Å²) in [6, 6.07) is 1.95. The van der Waals surface area contributed by atoms with Crippen LogP contribution >= 0.6 is 0 Å². The Kier molecular flexibility index (Phi) is 4.46. The molecular weight excluding hydrogens is 278 g/mol. The first-order valence-corrected chi connectivity index (χ1v) is 7.81. The Balaban J connectivity index is 1.65. The second-order valence-electron chi connectivity index (χ2n) is 5.64. The monoisotopic (exact) mass is 299 g/mol. The van der Waals surface area contributed by atoms with Crippen molar-refractivity contribution < 1.29 is 4.79 Å². The van der Waals surface area contributed by atoms with Crippen LogP contribution in [0.2, 0.25) is 0 Å². The van der Waals surface area contributed by atoms with Crippen LogP contribution in [0.25, 0.3) is 0 Å². The van der Waals surface area contributed by atoms with E-state index in [0.717, 1.165) is 43.9 Å². The molecule has 1 amide bonds. The van der Waals surface area contributed by atoms with E-state index < -0.39 is 0 Å². The lowest BCUT2D eigenvalue weighted by molar-refractivity contribution is -0.133. The Morgan fingerprint density at radius 2 is 2.27 bits per heavy atom. The van der Waals surface area contributed by atoms with E-state index in [9.17, 15) is 4.79 Å². The molecular formula is C16H21N5O. The van der Waals surface area contributed by atoms with E-state index in [4.69, 9.17) is 0 Å². The van der Waals surface area contributed by atoms with Crippen molar-refractivity contribution in [2.75, 3.05) is 13.1 Å². The average Bonchev–Trinajstić information content (AvgIpc) is 3.03. The maximum absolute atomic E-state index is 12.6. The maximum Gasteiger partial charge on any atom is 0.242 e. The van der Waals surface area contributed by atoms with Crippen LogP contribution in [0.1, 0.15) is 37.2 Å². The lowest BCUT2D eigenvalue weighted by Gasteiger charge is -2.32. The maximum atomic E-state index is 12.6. The van der Waals surface area contributed by atoms with E-state index in [2.05, 4.69) is 21.9 Å². The van der Waals surface area contributed by atoms with Gasteiger partial charge in [-0.15, -0.1) is 0 Å². The number of hydrogen-bond donors (Lipinski definition) is 0. The fraction of sp³-hybridized carbons (Fsp3) is 0.500. The number of rotatable bonds is 4. The number of aromatic nitrogens is 4. The zero-order valence-corrected chi connectivity index (χ0v) is 12.9. The quantitative estimate of drug-likeness (QED) is 0.861. The van der Waals surface area contributed by atoms with Crippen LogP contribution in [-0.4, -0.2) is 43.4 Å². The average molecular weight is 299 g/mol. The standard InChI is InChI=1S/C16H21N5O/c1-2-15-18-7-9-20(15)11-16(22)21-8-3-4-13(10-21)14-5-6-17-12-19-14/h5-7,9,12-13H,2-4,8,10-11H2,1H3/t13-/m1/s1. The van der Waals surface area contributed by atoms with Crippen LogP contribution in [0.15, 0.2) is 31.0 Å². The second kappa shape index (κ2) is 6.68. The molecule has 0 radical (unpaired) electrons. The first kappa shape index (κ1) is 14.7. The van der Waals surface area contributed by atoms with Crippen LogP contribution in [0.4, 0.5) is 0 Å². The van der Waals surface area contributed by atoms with Gasteiger partial charge in [0.05, 0.1) is 0 Å². The van der Waals surface area contributed by atoms with Crippen molar-refractivity contribution in [2.45, 2.75) is 38.6 Å². The number of carbonyl (C=O) groups excluding carboxylic acids is 1. The molecule has 22 heavy (non-hydrogen) atoms. The molecule has 1 aliphatic rings. The molecule has 0 bridgehead atoms. The van der Waals surface area contributed by atoms with Crippen molar-refractivity contribution in [1.29, 1.82) is 0 Å². The summed E-state index contributed by atoms with van der Waals surface area (Å²) in [5.41, 5.74) is 1.03. The van der Waals surface area contributed by atoms with Crippen LogP contribution in [0, 0.1) is 0 Å². The van der Waals surface area contributed by atoms with Gasteiger partial charge in [-0.2, -0.15) is 0 Å². The normalized spacial score (nSPS) is 18.4. The number of hydrogen-bond acceptors (Lipinski definition) is 4. The van der Waals surface area contributed by atoms with Crippen LogP contribution in [-0.2, 0) is 17.8 Å². The van der Waals surface area contributed by atoms with Gasteiger partial charge in [0.25, 0.3) is 0 Å². The van der Waals surface area contributed by atoms with E-state index in [1.54, 1.807) is 18.7 Å². The Hall–Kier alpha value is -2.24. The molecule has 1 aliphatic heterocycles. The highest BCUT2D eigenvalue weighted by Gasteiger charge is 2.25. The first-order chi connectivity index (χ1) is 10.8. The SMILES string of the molecule is CCc1nccn1CC(=O)N1CCC[C@@H](c2ccncn2)C1. The van der Waals surface area contributed by atoms with Crippen molar-refractivity contribution in [1.82, 2.24) is 24.4 Å². The third-order valence-electron chi connectivity index (χ3n) is 4.22. The lowest BCUT2D eigenvalue weighted by Crippen LogP contribution is -2.41. The number of piperidine rings is 1. The third-order valence-corrected chi connectivity index (χ3v) is 4.22. The zero-order valence-electron chi connectivity index (χ0n) is 12.9. The number of carbonyl (C=O) groups is 1. The molecule has 2 aromatic heterocycles. The molecule has 0 spiro atoms. The van der Waals surface area contributed by atoms with Gasteiger partial charge in [0.15, 0.2) is 0 Å². The van der Waals surface area contributed by atoms with E-state index in [1.165, 1.54) is 0 Å². The number of aryl methyl sites for hydroxylation is 1. The first-order valence-electron chi connectivity index (χ1n) is 7.81. The molecule has 0 aliphatic carbocycles. The molecule has 3 heterocycles. The molecule has 116 valence electrons. The molecule has 0 N–H and O–H groups in total. The van der Waals surface area contributed by atoms with Crippen molar-refractivity contribution in [3.63, 3.8) is 0 Å². The van der Waals surface area contributed by atoms with Crippen LogP contribution in [0.5, 0.6) is 0 Å². The molecule has 0 unspecified atom stereocenters. The van der Waals surface area contributed by atoms with Gasteiger partial charge in [0, 0.05) is 49.7 Å². The van der Waals surface area contributed by atoms with E-state index >= 15 is 0 Å². The van der Waals surface area contributed by atoms with Crippen molar-refractivity contribution in [3.8, 4) is 0 Å². The van der Waals surface area contributed by atoms with Crippen LogP contribution < -0.4 is 0 Å².